The van der Waals surface area contributed by atoms with E-state index >= 15 is 0 Å². The predicted octanol–water partition coefficient (Wildman–Crippen LogP) is 2.87. The van der Waals surface area contributed by atoms with Gasteiger partial charge in [0.05, 0.1) is 10.5 Å². The summed E-state index contributed by atoms with van der Waals surface area (Å²) >= 11 is 6.46. The zero-order valence-electron chi connectivity index (χ0n) is 7.84. The van der Waals surface area contributed by atoms with Gasteiger partial charge in [0, 0.05) is 6.20 Å². The Balaban J connectivity index is 2.86. The van der Waals surface area contributed by atoms with Crippen LogP contribution in [0.2, 0.25) is 0 Å². The first kappa shape index (κ1) is 11.7. The van der Waals surface area contributed by atoms with Crippen LogP contribution in [0.4, 0.5) is 5.69 Å². The molecule has 1 unspecified atom stereocenters. The molecular weight excluding hydrogens is 312 g/mol. The first-order valence-electron chi connectivity index (χ1n) is 4.08. The zero-order chi connectivity index (χ0) is 10.7. The lowest BCUT2D eigenvalue weighted by molar-refractivity contribution is -0.115. The molecule has 0 aliphatic heterocycles. The molecule has 0 radical (unpaired) electrons. The Bertz CT molecular complexity index is 353. The second kappa shape index (κ2) is 4.89. The molecule has 0 bridgehead atoms. The number of nitrogens with one attached hydrogen (secondary N) is 1. The molecule has 1 aromatic rings. The van der Waals surface area contributed by atoms with Crippen molar-refractivity contribution >= 4 is 43.5 Å². The van der Waals surface area contributed by atoms with Crippen molar-refractivity contribution in [2.45, 2.75) is 18.7 Å². The molecule has 0 aliphatic carbocycles. The number of carbonyl (C=O) groups is 1. The van der Waals surface area contributed by atoms with E-state index in [0.717, 1.165) is 5.56 Å². The van der Waals surface area contributed by atoms with Crippen molar-refractivity contribution in [3.05, 3.63) is 22.4 Å². The van der Waals surface area contributed by atoms with Gasteiger partial charge in [-0.15, -0.1) is 0 Å². The number of carbonyl (C=O) groups excluding carboxylic acids is 1. The van der Waals surface area contributed by atoms with Crippen LogP contribution in [0.1, 0.15) is 12.5 Å². The van der Waals surface area contributed by atoms with Gasteiger partial charge in [0.15, 0.2) is 0 Å². The smallest absolute Gasteiger partial charge is 0.237 e. The van der Waals surface area contributed by atoms with Gasteiger partial charge in [-0.1, -0.05) is 15.9 Å². The number of hydrogen-bond donors (Lipinski definition) is 1. The van der Waals surface area contributed by atoms with Gasteiger partial charge in [0.1, 0.15) is 4.60 Å². The standard InChI is InChI=1S/C9H10Br2N2O/c1-5-3-7(8(11)12-4-5)13-9(14)6(2)10/h3-4,6H,1-2H3,(H,13,14). The molecule has 1 aromatic heterocycles. The zero-order valence-corrected chi connectivity index (χ0v) is 11.0. The van der Waals surface area contributed by atoms with E-state index < -0.39 is 0 Å². The molecule has 1 amide bonds. The fraction of sp³-hybridized carbons (Fsp3) is 0.333. The number of hydrogen-bond acceptors (Lipinski definition) is 2. The van der Waals surface area contributed by atoms with Crippen LogP contribution in [0.25, 0.3) is 0 Å². The number of alkyl halides is 1. The van der Waals surface area contributed by atoms with Crippen LogP contribution < -0.4 is 5.32 Å². The lowest BCUT2D eigenvalue weighted by Gasteiger charge is -2.08. The summed E-state index contributed by atoms with van der Waals surface area (Å²) in [6.07, 6.45) is 1.73. The normalized spacial score (nSPS) is 12.3. The van der Waals surface area contributed by atoms with Gasteiger partial charge in [-0.3, -0.25) is 4.79 Å². The maximum atomic E-state index is 11.4. The highest BCUT2D eigenvalue weighted by Crippen LogP contribution is 2.20. The molecule has 3 nitrogen and oxygen atoms in total. The van der Waals surface area contributed by atoms with Crippen LogP contribution >= 0.6 is 31.9 Å². The molecule has 0 saturated heterocycles. The first-order chi connectivity index (χ1) is 6.50. The molecule has 1 atom stereocenters. The van der Waals surface area contributed by atoms with E-state index in [4.69, 9.17) is 0 Å². The summed E-state index contributed by atoms with van der Waals surface area (Å²) in [6, 6.07) is 1.87. The lowest BCUT2D eigenvalue weighted by Crippen LogP contribution is -2.20. The fourth-order valence-electron chi connectivity index (χ4n) is 0.872. The Morgan fingerprint density at radius 2 is 2.29 bits per heavy atom. The number of aryl methyl sites for hydroxylation is 1. The van der Waals surface area contributed by atoms with Gasteiger partial charge in [-0.2, -0.15) is 0 Å². The summed E-state index contributed by atoms with van der Waals surface area (Å²) in [7, 11) is 0. The summed E-state index contributed by atoms with van der Waals surface area (Å²) in [5.41, 5.74) is 1.70. The molecule has 14 heavy (non-hydrogen) atoms. The van der Waals surface area contributed by atoms with Crippen molar-refractivity contribution in [2.24, 2.45) is 0 Å². The molecule has 1 N–H and O–H groups in total. The summed E-state index contributed by atoms with van der Waals surface area (Å²) in [5.74, 6) is -0.0851. The molecule has 0 saturated carbocycles. The van der Waals surface area contributed by atoms with Crippen molar-refractivity contribution in [3.63, 3.8) is 0 Å². The van der Waals surface area contributed by atoms with Gasteiger partial charge in [-0.05, 0) is 41.4 Å². The first-order valence-corrected chi connectivity index (χ1v) is 5.78. The Morgan fingerprint density at radius 1 is 1.64 bits per heavy atom. The molecule has 5 heteroatoms. The second-order valence-electron chi connectivity index (χ2n) is 2.96. The number of aromatic nitrogens is 1. The van der Waals surface area contributed by atoms with Gasteiger partial charge in [-0.25, -0.2) is 4.98 Å². The van der Waals surface area contributed by atoms with Crippen LogP contribution in [-0.2, 0) is 4.79 Å². The van der Waals surface area contributed by atoms with E-state index in [1.54, 1.807) is 13.1 Å². The number of halogens is 2. The van der Waals surface area contributed by atoms with Crippen molar-refractivity contribution < 1.29 is 4.79 Å². The molecule has 1 rings (SSSR count). The van der Waals surface area contributed by atoms with Crippen LogP contribution in [-0.4, -0.2) is 15.7 Å². The Morgan fingerprint density at radius 3 is 2.86 bits per heavy atom. The monoisotopic (exact) mass is 320 g/mol. The van der Waals surface area contributed by atoms with Crippen LogP contribution in [0.5, 0.6) is 0 Å². The topological polar surface area (TPSA) is 42.0 Å². The Labute approximate surface area is 99.6 Å². The Kier molecular flexibility index (Phi) is 4.07. The molecule has 0 spiro atoms. The summed E-state index contributed by atoms with van der Waals surface area (Å²) < 4.78 is 0.643. The summed E-state index contributed by atoms with van der Waals surface area (Å²) in [4.78, 5) is 15.2. The van der Waals surface area contributed by atoms with Gasteiger partial charge < -0.3 is 5.32 Å². The van der Waals surface area contributed by atoms with Crippen molar-refractivity contribution in [1.82, 2.24) is 4.98 Å². The number of rotatable bonds is 2. The van der Waals surface area contributed by atoms with E-state index in [1.807, 2.05) is 13.0 Å². The largest absolute Gasteiger partial charge is 0.323 e. The van der Waals surface area contributed by atoms with Crippen molar-refractivity contribution in [1.29, 1.82) is 0 Å². The highest BCUT2D eigenvalue weighted by molar-refractivity contribution is 9.10. The minimum atomic E-state index is -0.213. The lowest BCUT2D eigenvalue weighted by atomic mass is 10.3. The minimum Gasteiger partial charge on any atom is -0.323 e. The Hall–Kier alpha value is -0.420. The average Bonchev–Trinajstić information content (AvgIpc) is 2.11. The maximum absolute atomic E-state index is 11.4. The van der Waals surface area contributed by atoms with Gasteiger partial charge in [0.25, 0.3) is 0 Å². The summed E-state index contributed by atoms with van der Waals surface area (Å²) in [5, 5.41) is 2.76. The van der Waals surface area contributed by atoms with Gasteiger partial charge in [0.2, 0.25) is 5.91 Å². The highest BCUT2D eigenvalue weighted by atomic mass is 79.9. The van der Waals surface area contributed by atoms with Crippen molar-refractivity contribution in [3.8, 4) is 0 Å². The molecule has 76 valence electrons. The van der Waals surface area contributed by atoms with E-state index in [-0.39, 0.29) is 10.7 Å². The molecule has 0 aromatic carbocycles. The quantitative estimate of drug-likeness (QED) is 0.672. The number of nitrogens with zero attached hydrogens (tertiary/aromatic N) is 1. The molecule has 1 heterocycles. The second-order valence-corrected chi connectivity index (χ2v) is 5.08. The van der Waals surface area contributed by atoms with Gasteiger partial charge >= 0.3 is 0 Å². The fourth-order valence-corrected chi connectivity index (χ4v) is 1.30. The molecular formula is C9H10Br2N2O. The third kappa shape index (κ3) is 3.06. The minimum absolute atomic E-state index is 0.0851. The van der Waals surface area contributed by atoms with E-state index in [9.17, 15) is 4.79 Å². The third-order valence-electron chi connectivity index (χ3n) is 1.59. The summed E-state index contributed by atoms with van der Waals surface area (Å²) in [6.45, 7) is 3.69. The predicted molar refractivity (Wildman–Crippen MR) is 63.7 cm³/mol. The van der Waals surface area contributed by atoms with Crippen LogP contribution in [0.3, 0.4) is 0 Å². The number of amides is 1. The third-order valence-corrected chi connectivity index (χ3v) is 2.64. The molecule has 0 fully saturated rings. The number of pyridine rings is 1. The number of anilines is 1. The van der Waals surface area contributed by atoms with Crippen molar-refractivity contribution in [2.75, 3.05) is 5.32 Å². The maximum Gasteiger partial charge on any atom is 0.237 e. The highest BCUT2D eigenvalue weighted by Gasteiger charge is 2.10. The molecule has 0 aliphatic rings. The SMILES string of the molecule is Cc1cnc(Br)c(NC(=O)C(C)Br)c1. The van der Waals surface area contributed by atoms with E-state index in [2.05, 4.69) is 42.2 Å². The van der Waals surface area contributed by atoms with Crippen LogP contribution in [0.15, 0.2) is 16.9 Å². The van der Waals surface area contributed by atoms with E-state index in [0.29, 0.717) is 10.3 Å². The van der Waals surface area contributed by atoms with E-state index in [1.165, 1.54) is 0 Å². The van der Waals surface area contributed by atoms with Crippen LogP contribution in [0, 0.1) is 6.92 Å². The average molecular weight is 322 g/mol.